The summed E-state index contributed by atoms with van der Waals surface area (Å²) in [4.78, 5) is 12.6. The molecule has 0 N–H and O–H groups in total. The van der Waals surface area contributed by atoms with E-state index in [0.717, 1.165) is 31.6 Å². The Labute approximate surface area is 154 Å². The van der Waals surface area contributed by atoms with Crippen LogP contribution < -0.4 is 4.74 Å². The van der Waals surface area contributed by atoms with Gasteiger partial charge in [-0.2, -0.15) is 0 Å². The first-order valence-corrected chi connectivity index (χ1v) is 10.5. The summed E-state index contributed by atoms with van der Waals surface area (Å²) in [6.07, 6.45) is 13.0. The Bertz CT molecular complexity index is 491. The van der Waals surface area contributed by atoms with E-state index in [-0.39, 0.29) is 5.92 Å². The van der Waals surface area contributed by atoms with Gasteiger partial charge in [0.1, 0.15) is 11.5 Å². The van der Waals surface area contributed by atoms with Crippen molar-refractivity contribution in [3.63, 3.8) is 0 Å². The molecule has 0 saturated heterocycles. The van der Waals surface area contributed by atoms with E-state index in [9.17, 15) is 4.79 Å². The Balaban J connectivity index is 1.77. The number of hydrogen-bond acceptors (Lipinski definition) is 2. The maximum absolute atomic E-state index is 12.6. The van der Waals surface area contributed by atoms with Gasteiger partial charge in [0.15, 0.2) is 0 Å². The van der Waals surface area contributed by atoms with Gasteiger partial charge in [-0.25, -0.2) is 0 Å². The molecule has 2 heteroatoms. The van der Waals surface area contributed by atoms with Crippen LogP contribution in [0.4, 0.5) is 0 Å². The van der Waals surface area contributed by atoms with Gasteiger partial charge < -0.3 is 4.74 Å². The molecule has 0 bridgehead atoms. The molecule has 1 aliphatic carbocycles. The molecule has 2 nitrogen and oxygen atoms in total. The van der Waals surface area contributed by atoms with Crippen molar-refractivity contribution in [2.24, 2.45) is 5.92 Å². The SMILES string of the molecule is CCCCCCOc1ccc([C@H]2CC[C@H](CCCCC)CC2=O)cc1. The molecular weight excluding hydrogens is 308 g/mol. The molecule has 140 valence electrons. The Morgan fingerprint density at radius 1 is 0.920 bits per heavy atom. The highest BCUT2D eigenvalue weighted by Crippen LogP contribution is 2.35. The van der Waals surface area contributed by atoms with Crippen molar-refractivity contribution in [1.29, 1.82) is 0 Å². The number of carbonyl (C=O) groups is 1. The van der Waals surface area contributed by atoms with Gasteiger partial charge in [-0.05, 0) is 42.9 Å². The number of benzene rings is 1. The second-order valence-electron chi connectivity index (χ2n) is 7.64. The average molecular weight is 345 g/mol. The smallest absolute Gasteiger partial charge is 0.140 e. The fraction of sp³-hybridized carbons (Fsp3) is 0.696. The number of ether oxygens (including phenoxy) is 1. The van der Waals surface area contributed by atoms with Crippen LogP contribution in [0.15, 0.2) is 24.3 Å². The van der Waals surface area contributed by atoms with Crippen LogP contribution in [0.25, 0.3) is 0 Å². The highest BCUT2D eigenvalue weighted by Gasteiger charge is 2.29. The molecular formula is C23H36O2. The molecule has 0 heterocycles. The first kappa shape index (κ1) is 20.0. The molecule has 2 rings (SSSR count). The van der Waals surface area contributed by atoms with Crippen LogP contribution in [0.2, 0.25) is 0 Å². The van der Waals surface area contributed by atoms with E-state index in [1.807, 2.05) is 12.1 Å². The molecule has 25 heavy (non-hydrogen) atoms. The number of carbonyl (C=O) groups excluding carboxylic acids is 1. The van der Waals surface area contributed by atoms with Crippen molar-refractivity contribution in [2.75, 3.05) is 6.61 Å². The number of Topliss-reactive ketones (excluding diaryl/α,β-unsaturated/α-hetero) is 1. The Morgan fingerprint density at radius 2 is 1.64 bits per heavy atom. The zero-order valence-electron chi connectivity index (χ0n) is 16.3. The topological polar surface area (TPSA) is 26.3 Å². The fourth-order valence-corrected chi connectivity index (χ4v) is 3.89. The summed E-state index contributed by atoms with van der Waals surface area (Å²) in [5.41, 5.74) is 1.18. The largest absolute Gasteiger partial charge is 0.494 e. The average Bonchev–Trinajstić information content (AvgIpc) is 2.63. The van der Waals surface area contributed by atoms with Gasteiger partial charge in [0.25, 0.3) is 0 Å². The van der Waals surface area contributed by atoms with E-state index in [1.54, 1.807) is 0 Å². The molecule has 1 aliphatic rings. The summed E-state index contributed by atoms with van der Waals surface area (Å²) >= 11 is 0. The minimum atomic E-state index is 0.112. The molecule has 1 fully saturated rings. The van der Waals surface area contributed by atoms with Gasteiger partial charge in [0, 0.05) is 12.3 Å². The van der Waals surface area contributed by atoms with Crippen LogP contribution in [0.3, 0.4) is 0 Å². The van der Waals surface area contributed by atoms with Gasteiger partial charge in [-0.15, -0.1) is 0 Å². The number of ketones is 1. The third-order valence-electron chi connectivity index (χ3n) is 5.51. The minimum absolute atomic E-state index is 0.112. The fourth-order valence-electron chi connectivity index (χ4n) is 3.89. The highest BCUT2D eigenvalue weighted by molar-refractivity contribution is 5.86. The van der Waals surface area contributed by atoms with Crippen LogP contribution >= 0.6 is 0 Å². The normalized spacial score (nSPS) is 20.6. The summed E-state index contributed by atoms with van der Waals surface area (Å²) in [5, 5.41) is 0. The zero-order chi connectivity index (χ0) is 17.9. The third-order valence-corrected chi connectivity index (χ3v) is 5.51. The van der Waals surface area contributed by atoms with Gasteiger partial charge >= 0.3 is 0 Å². The second kappa shape index (κ2) is 11.3. The van der Waals surface area contributed by atoms with E-state index < -0.39 is 0 Å². The second-order valence-corrected chi connectivity index (χ2v) is 7.64. The van der Waals surface area contributed by atoms with E-state index >= 15 is 0 Å². The molecule has 1 saturated carbocycles. The number of rotatable bonds is 11. The minimum Gasteiger partial charge on any atom is -0.494 e. The monoisotopic (exact) mass is 344 g/mol. The van der Waals surface area contributed by atoms with E-state index in [2.05, 4.69) is 26.0 Å². The summed E-state index contributed by atoms with van der Waals surface area (Å²) in [6.45, 7) is 5.25. The summed E-state index contributed by atoms with van der Waals surface area (Å²) in [7, 11) is 0. The highest BCUT2D eigenvalue weighted by atomic mass is 16.5. The molecule has 0 radical (unpaired) electrons. The van der Waals surface area contributed by atoms with Crippen LogP contribution in [0.5, 0.6) is 5.75 Å². The van der Waals surface area contributed by atoms with Crippen LogP contribution in [-0.4, -0.2) is 12.4 Å². The predicted octanol–water partition coefficient (Wildman–Crippen LogP) is 6.68. The Morgan fingerprint density at radius 3 is 2.32 bits per heavy atom. The lowest BCUT2D eigenvalue weighted by atomic mass is 9.76. The molecule has 1 aromatic carbocycles. The molecule has 0 aromatic heterocycles. The van der Waals surface area contributed by atoms with Gasteiger partial charge in [-0.3, -0.25) is 4.79 Å². The van der Waals surface area contributed by atoms with Gasteiger partial charge in [0.2, 0.25) is 0 Å². The van der Waals surface area contributed by atoms with Crippen molar-refractivity contribution in [1.82, 2.24) is 0 Å². The first-order valence-electron chi connectivity index (χ1n) is 10.5. The summed E-state index contributed by atoms with van der Waals surface area (Å²) < 4.78 is 5.81. The van der Waals surface area contributed by atoms with Crippen LogP contribution in [0.1, 0.15) is 96.0 Å². The Hall–Kier alpha value is -1.31. The number of hydrogen-bond donors (Lipinski definition) is 0. The van der Waals surface area contributed by atoms with Gasteiger partial charge in [0.05, 0.1) is 6.61 Å². The predicted molar refractivity (Wildman–Crippen MR) is 105 cm³/mol. The van der Waals surface area contributed by atoms with E-state index in [4.69, 9.17) is 4.74 Å². The molecule has 2 atom stereocenters. The molecule has 1 aromatic rings. The number of unbranched alkanes of at least 4 members (excludes halogenated alkanes) is 5. The van der Waals surface area contributed by atoms with Crippen molar-refractivity contribution < 1.29 is 9.53 Å². The maximum atomic E-state index is 12.6. The molecule has 0 unspecified atom stereocenters. The van der Waals surface area contributed by atoms with Crippen LogP contribution in [0, 0.1) is 5.92 Å². The van der Waals surface area contributed by atoms with Crippen molar-refractivity contribution in [2.45, 2.75) is 90.4 Å². The van der Waals surface area contributed by atoms with Crippen molar-refractivity contribution >= 4 is 5.78 Å². The van der Waals surface area contributed by atoms with Crippen molar-refractivity contribution in [3.05, 3.63) is 29.8 Å². The molecule has 0 amide bonds. The standard InChI is InChI=1S/C23H36O2/c1-3-5-7-9-17-25-21-14-12-20(13-15-21)22-16-11-19(18-23(22)24)10-8-6-4-2/h12-15,19,22H,3-11,16-18H2,1-2H3/t19-,22+/m0/s1. The van der Waals surface area contributed by atoms with Crippen molar-refractivity contribution in [3.8, 4) is 5.75 Å². The Kier molecular flexibility index (Phi) is 9.07. The molecule has 0 aliphatic heterocycles. The first-order chi connectivity index (χ1) is 12.2. The maximum Gasteiger partial charge on any atom is 0.140 e. The lowest BCUT2D eigenvalue weighted by Gasteiger charge is -2.27. The quantitative estimate of drug-likeness (QED) is 0.419. The van der Waals surface area contributed by atoms with Crippen LogP contribution in [-0.2, 0) is 4.79 Å². The van der Waals surface area contributed by atoms with E-state index in [0.29, 0.717) is 11.7 Å². The summed E-state index contributed by atoms with van der Waals surface area (Å²) in [6, 6.07) is 8.27. The lowest BCUT2D eigenvalue weighted by Crippen LogP contribution is -2.23. The third kappa shape index (κ3) is 6.84. The zero-order valence-corrected chi connectivity index (χ0v) is 16.3. The van der Waals surface area contributed by atoms with E-state index in [1.165, 1.54) is 56.9 Å². The van der Waals surface area contributed by atoms with Gasteiger partial charge in [-0.1, -0.05) is 70.9 Å². The molecule has 0 spiro atoms. The lowest BCUT2D eigenvalue weighted by molar-refractivity contribution is -0.123. The summed E-state index contributed by atoms with van der Waals surface area (Å²) in [5.74, 6) is 2.11.